The molecular formula is C12H26O4. The predicted molar refractivity (Wildman–Crippen MR) is 62.6 cm³/mol. The Morgan fingerprint density at radius 3 is 1.56 bits per heavy atom. The third-order valence-electron chi connectivity index (χ3n) is 2.28. The normalized spacial score (nSPS) is 12.0. The average molecular weight is 234 g/mol. The van der Waals surface area contributed by atoms with E-state index in [2.05, 4.69) is 13.8 Å². The van der Waals surface area contributed by atoms with Gasteiger partial charge >= 0.3 is 0 Å². The first-order valence-electron chi connectivity index (χ1n) is 6.29. The van der Waals surface area contributed by atoms with E-state index in [-0.39, 0.29) is 0 Å². The van der Waals surface area contributed by atoms with Crippen LogP contribution < -0.4 is 0 Å². The summed E-state index contributed by atoms with van der Waals surface area (Å²) in [6, 6.07) is 0. The van der Waals surface area contributed by atoms with Crippen molar-refractivity contribution in [2.24, 2.45) is 0 Å². The van der Waals surface area contributed by atoms with Crippen molar-refractivity contribution in [1.29, 1.82) is 0 Å². The summed E-state index contributed by atoms with van der Waals surface area (Å²) in [6.45, 7) is 9.16. The lowest BCUT2D eigenvalue weighted by Gasteiger charge is -2.25. The van der Waals surface area contributed by atoms with Gasteiger partial charge in [0, 0.05) is 6.42 Å². The summed E-state index contributed by atoms with van der Waals surface area (Å²) in [6.07, 6.45) is 4.80. The number of unbranched alkanes of at least 4 members (excludes halogenated alkanes) is 2. The SMILES string of the molecule is CCCCOOC(C)(CC)OOCCCC. The molecule has 4 heteroatoms. The highest BCUT2D eigenvalue weighted by Gasteiger charge is 2.27. The highest BCUT2D eigenvalue weighted by atomic mass is 17.3. The highest BCUT2D eigenvalue weighted by Crippen LogP contribution is 2.18. The largest absolute Gasteiger partial charge is 0.234 e. The van der Waals surface area contributed by atoms with E-state index < -0.39 is 5.79 Å². The number of hydrogen-bond donors (Lipinski definition) is 0. The van der Waals surface area contributed by atoms with E-state index in [1.807, 2.05) is 13.8 Å². The summed E-state index contributed by atoms with van der Waals surface area (Å²) in [5.41, 5.74) is 0. The average Bonchev–Trinajstić information content (AvgIpc) is 2.31. The Labute approximate surface area is 99.1 Å². The van der Waals surface area contributed by atoms with Crippen LogP contribution in [0.25, 0.3) is 0 Å². The Balaban J connectivity index is 3.64. The summed E-state index contributed by atoms with van der Waals surface area (Å²) in [5, 5.41) is 0. The van der Waals surface area contributed by atoms with Crippen molar-refractivity contribution < 1.29 is 19.6 Å². The fourth-order valence-electron chi connectivity index (χ4n) is 0.871. The zero-order valence-corrected chi connectivity index (χ0v) is 11.1. The van der Waals surface area contributed by atoms with Gasteiger partial charge in [0.15, 0.2) is 0 Å². The molecule has 0 aliphatic rings. The van der Waals surface area contributed by atoms with E-state index in [0.29, 0.717) is 19.6 Å². The van der Waals surface area contributed by atoms with Crippen LogP contribution in [0.4, 0.5) is 0 Å². The fourth-order valence-corrected chi connectivity index (χ4v) is 0.871. The van der Waals surface area contributed by atoms with E-state index in [0.717, 1.165) is 25.7 Å². The molecule has 0 heterocycles. The molecule has 0 aliphatic heterocycles. The second-order valence-electron chi connectivity index (χ2n) is 4.01. The van der Waals surface area contributed by atoms with Crippen LogP contribution in [0, 0.1) is 0 Å². The number of hydrogen-bond acceptors (Lipinski definition) is 4. The predicted octanol–water partition coefficient (Wildman–Crippen LogP) is 3.61. The fraction of sp³-hybridized carbons (Fsp3) is 1.00. The Bertz CT molecular complexity index is 138. The maximum atomic E-state index is 5.21. The van der Waals surface area contributed by atoms with E-state index in [4.69, 9.17) is 19.6 Å². The van der Waals surface area contributed by atoms with Crippen LogP contribution in [-0.4, -0.2) is 19.0 Å². The van der Waals surface area contributed by atoms with Crippen molar-refractivity contribution in [2.45, 2.75) is 65.6 Å². The van der Waals surface area contributed by atoms with Gasteiger partial charge in [-0.1, -0.05) is 33.6 Å². The molecule has 0 saturated heterocycles. The van der Waals surface area contributed by atoms with Gasteiger partial charge in [-0.15, -0.1) is 0 Å². The molecule has 0 saturated carbocycles. The zero-order chi connectivity index (χ0) is 12.3. The van der Waals surface area contributed by atoms with E-state index in [9.17, 15) is 0 Å². The van der Waals surface area contributed by atoms with Gasteiger partial charge in [0.05, 0.1) is 13.2 Å². The van der Waals surface area contributed by atoms with Crippen molar-refractivity contribution in [3.8, 4) is 0 Å². The molecule has 0 bridgehead atoms. The maximum Gasteiger partial charge on any atom is 0.230 e. The molecule has 0 radical (unpaired) electrons. The van der Waals surface area contributed by atoms with Gasteiger partial charge < -0.3 is 0 Å². The molecular weight excluding hydrogens is 208 g/mol. The minimum absolute atomic E-state index is 0.588. The Morgan fingerprint density at radius 1 is 0.812 bits per heavy atom. The van der Waals surface area contributed by atoms with Crippen LogP contribution in [0.3, 0.4) is 0 Å². The summed E-state index contributed by atoms with van der Waals surface area (Å²) >= 11 is 0. The van der Waals surface area contributed by atoms with Gasteiger partial charge in [0.1, 0.15) is 0 Å². The molecule has 98 valence electrons. The van der Waals surface area contributed by atoms with Crippen LogP contribution >= 0.6 is 0 Å². The molecule has 0 aliphatic carbocycles. The van der Waals surface area contributed by atoms with Crippen LogP contribution in [0.1, 0.15) is 59.8 Å². The molecule has 0 aromatic heterocycles. The van der Waals surface area contributed by atoms with Crippen molar-refractivity contribution in [1.82, 2.24) is 0 Å². The van der Waals surface area contributed by atoms with Crippen molar-refractivity contribution >= 4 is 0 Å². The van der Waals surface area contributed by atoms with Crippen molar-refractivity contribution in [3.05, 3.63) is 0 Å². The second kappa shape index (κ2) is 10.0. The van der Waals surface area contributed by atoms with Gasteiger partial charge in [-0.25, -0.2) is 9.78 Å². The lowest BCUT2D eigenvalue weighted by molar-refractivity contribution is -0.507. The molecule has 16 heavy (non-hydrogen) atoms. The first-order valence-corrected chi connectivity index (χ1v) is 6.29. The minimum Gasteiger partial charge on any atom is -0.234 e. The summed E-state index contributed by atoms with van der Waals surface area (Å²) < 4.78 is 0. The summed E-state index contributed by atoms with van der Waals surface area (Å²) in [5.74, 6) is -0.804. The Kier molecular flexibility index (Phi) is 9.92. The lowest BCUT2D eigenvalue weighted by atomic mass is 10.2. The summed E-state index contributed by atoms with van der Waals surface area (Å²) in [4.78, 5) is 20.6. The van der Waals surface area contributed by atoms with Crippen LogP contribution in [-0.2, 0) is 19.6 Å². The molecule has 0 atom stereocenters. The topological polar surface area (TPSA) is 36.9 Å². The smallest absolute Gasteiger partial charge is 0.230 e. The standard InChI is InChI=1S/C12H26O4/c1-5-8-10-13-15-12(4,7-3)16-14-11-9-6-2/h5-11H2,1-4H3. The van der Waals surface area contributed by atoms with E-state index in [1.165, 1.54) is 0 Å². The third-order valence-corrected chi connectivity index (χ3v) is 2.28. The van der Waals surface area contributed by atoms with Crippen molar-refractivity contribution in [2.75, 3.05) is 13.2 Å². The molecule has 0 N–H and O–H groups in total. The first-order chi connectivity index (χ1) is 7.68. The third kappa shape index (κ3) is 8.05. The van der Waals surface area contributed by atoms with E-state index in [1.54, 1.807) is 0 Å². The molecule has 4 nitrogen and oxygen atoms in total. The molecule has 0 spiro atoms. The van der Waals surface area contributed by atoms with Gasteiger partial charge in [0.2, 0.25) is 5.79 Å². The van der Waals surface area contributed by atoms with E-state index >= 15 is 0 Å². The van der Waals surface area contributed by atoms with Crippen LogP contribution in [0.15, 0.2) is 0 Å². The van der Waals surface area contributed by atoms with Gasteiger partial charge in [-0.05, 0) is 19.8 Å². The zero-order valence-electron chi connectivity index (χ0n) is 11.1. The first kappa shape index (κ1) is 15.8. The lowest BCUT2D eigenvalue weighted by Crippen LogP contribution is -2.32. The van der Waals surface area contributed by atoms with Crippen molar-refractivity contribution in [3.63, 3.8) is 0 Å². The monoisotopic (exact) mass is 234 g/mol. The van der Waals surface area contributed by atoms with Crippen LogP contribution in [0.5, 0.6) is 0 Å². The molecule has 0 aromatic carbocycles. The maximum absolute atomic E-state index is 5.21. The number of rotatable bonds is 11. The van der Waals surface area contributed by atoms with Gasteiger partial charge in [-0.2, -0.15) is 9.78 Å². The molecule has 0 fully saturated rings. The molecule has 0 rings (SSSR count). The Morgan fingerprint density at radius 2 is 1.25 bits per heavy atom. The quantitative estimate of drug-likeness (QED) is 0.237. The Hall–Kier alpha value is -0.160. The molecule has 0 amide bonds. The van der Waals surface area contributed by atoms with Gasteiger partial charge in [-0.3, -0.25) is 0 Å². The molecule has 0 aromatic rings. The second-order valence-corrected chi connectivity index (χ2v) is 4.01. The summed E-state index contributed by atoms with van der Waals surface area (Å²) in [7, 11) is 0. The van der Waals surface area contributed by atoms with Crippen LogP contribution in [0.2, 0.25) is 0 Å². The highest BCUT2D eigenvalue weighted by molar-refractivity contribution is 4.54. The minimum atomic E-state index is -0.804. The molecule has 0 unspecified atom stereocenters. The van der Waals surface area contributed by atoms with Gasteiger partial charge in [0.25, 0.3) is 0 Å².